The molecule has 1 atom stereocenters. The molecule has 1 aromatic rings. The summed E-state index contributed by atoms with van der Waals surface area (Å²) in [6.07, 6.45) is 2.16. The molecule has 1 aliphatic heterocycles. The van der Waals surface area contributed by atoms with Crippen molar-refractivity contribution in [3.05, 3.63) is 34.9 Å². The van der Waals surface area contributed by atoms with Gasteiger partial charge in [0.25, 0.3) is 5.91 Å². The SMILES string of the molecule is CCC(CC)C(CNC(=O)CNC(=O)c1ccc(C)c(C)c1)N1CCOCC1. The highest BCUT2D eigenvalue weighted by Crippen LogP contribution is 2.19. The van der Waals surface area contributed by atoms with E-state index in [0.29, 0.717) is 24.1 Å². The first-order chi connectivity index (χ1) is 13.5. The van der Waals surface area contributed by atoms with Crippen LogP contribution >= 0.6 is 0 Å². The van der Waals surface area contributed by atoms with Crippen molar-refractivity contribution in [2.45, 2.75) is 46.6 Å². The summed E-state index contributed by atoms with van der Waals surface area (Å²) in [5.41, 5.74) is 2.79. The van der Waals surface area contributed by atoms with Crippen molar-refractivity contribution in [2.75, 3.05) is 39.4 Å². The molecule has 2 amide bonds. The molecule has 156 valence electrons. The van der Waals surface area contributed by atoms with Crippen LogP contribution in [0.25, 0.3) is 0 Å². The fraction of sp³-hybridized carbons (Fsp3) is 0.636. The average Bonchev–Trinajstić information content (AvgIpc) is 2.72. The molecule has 0 spiro atoms. The third kappa shape index (κ3) is 6.31. The van der Waals surface area contributed by atoms with E-state index in [1.807, 2.05) is 26.0 Å². The highest BCUT2D eigenvalue weighted by molar-refractivity contribution is 5.96. The quantitative estimate of drug-likeness (QED) is 0.680. The molecule has 1 aromatic carbocycles. The maximum absolute atomic E-state index is 12.3. The molecule has 6 heteroatoms. The predicted molar refractivity (Wildman–Crippen MR) is 112 cm³/mol. The molecule has 1 aliphatic rings. The molecule has 1 saturated heterocycles. The summed E-state index contributed by atoms with van der Waals surface area (Å²) in [6.45, 7) is 12.3. The zero-order valence-electron chi connectivity index (χ0n) is 17.7. The van der Waals surface area contributed by atoms with E-state index >= 15 is 0 Å². The number of hydrogen-bond acceptors (Lipinski definition) is 4. The normalized spacial score (nSPS) is 16.0. The minimum Gasteiger partial charge on any atom is -0.379 e. The first-order valence-corrected chi connectivity index (χ1v) is 10.4. The fourth-order valence-corrected chi connectivity index (χ4v) is 3.76. The summed E-state index contributed by atoms with van der Waals surface area (Å²) in [4.78, 5) is 27.0. The van der Waals surface area contributed by atoms with Crippen LogP contribution in [0.3, 0.4) is 0 Å². The van der Waals surface area contributed by atoms with Gasteiger partial charge >= 0.3 is 0 Å². The number of nitrogens with zero attached hydrogens (tertiary/aromatic N) is 1. The Kier molecular flexibility index (Phi) is 8.93. The molecule has 1 heterocycles. The van der Waals surface area contributed by atoms with Crippen LogP contribution in [0.15, 0.2) is 18.2 Å². The third-order valence-corrected chi connectivity index (χ3v) is 5.79. The van der Waals surface area contributed by atoms with E-state index in [9.17, 15) is 9.59 Å². The van der Waals surface area contributed by atoms with Crippen molar-refractivity contribution in [2.24, 2.45) is 5.92 Å². The smallest absolute Gasteiger partial charge is 0.251 e. The predicted octanol–water partition coefficient (Wildman–Crippen LogP) is 2.29. The number of benzene rings is 1. The summed E-state index contributed by atoms with van der Waals surface area (Å²) in [5.74, 6) is 0.160. The second-order valence-corrected chi connectivity index (χ2v) is 7.58. The average molecular weight is 390 g/mol. The van der Waals surface area contributed by atoms with E-state index in [1.54, 1.807) is 6.07 Å². The van der Waals surface area contributed by atoms with Gasteiger partial charge in [-0.1, -0.05) is 32.8 Å². The lowest BCUT2D eigenvalue weighted by atomic mass is 9.92. The molecule has 1 fully saturated rings. The number of nitrogens with one attached hydrogen (secondary N) is 2. The number of ether oxygens (including phenoxy) is 1. The summed E-state index contributed by atoms with van der Waals surface area (Å²) in [7, 11) is 0. The zero-order chi connectivity index (χ0) is 20.5. The standard InChI is InChI=1S/C22H35N3O3/c1-5-18(6-2)20(25-9-11-28-12-10-25)14-23-21(26)15-24-22(27)19-8-7-16(3)17(4)13-19/h7-8,13,18,20H,5-6,9-12,14-15H2,1-4H3,(H,23,26)(H,24,27). The number of aryl methyl sites for hydroxylation is 2. The van der Waals surface area contributed by atoms with Gasteiger partial charge in [-0.2, -0.15) is 0 Å². The van der Waals surface area contributed by atoms with E-state index in [4.69, 9.17) is 4.74 Å². The second-order valence-electron chi connectivity index (χ2n) is 7.58. The van der Waals surface area contributed by atoms with Crippen molar-refractivity contribution < 1.29 is 14.3 Å². The Morgan fingerprint density at radius 2 is 1.75 bits per heavy atom. The Morgan fingerprint density at radius 3 is 2.36 bits per heavy atom. The van der Waals surface area contributed by atoms with Crippen LogP contribution in [0.2, 0.25) is 0 Å². The number of rotatable bonds is 9. The number of amides is 2. The Labute approximate surface area is 169 Å². The largest absolute Gasteiger partial charge is 0.379 e. The third-order valence-electron chi connectivity index (χ3n) is 5.79. The molecule has 0 saturated carbocycles. The first-order valence-electron chi connectivity index (χ1n) is 10.4. The van der Waals surface area contributed by atoms with Crippen molar-refractivity contribution in [1.82, 2.24) is 15.5 Å². The molecule has 6 nitrogen and oxygen atoms in total. The Morgan fingerprint density at radius 1 is 1.07 bits per heavy atom. The molecule has 0 aliphatic carbocycles. The Hall–Kier alpha value is -1.92. The van der Waals surface area contributed by atoms with Gasteiger partial charge in [0.1, 0.15) is 0 Å². The highest BCUT2D eigenvalue weighted by atomic mass is 16.5. The fourth-order valence-electron chi connectivity index (χ4n) is 3.76. The van der Waals surface area contributed by atoms with Crippen LogP contribution in [0, 0.1) is 19.8 Å². The van der Waals surface area contributed by atoms with Gasteiger partial charge in [0, 0.05) is 31.2 Å². The number of carbonyl (C=O) groups excluding carboxylic acids is 2. The van der Waals surface area contributed by atoms with Gasteiger partial charge in [-0.05, 0) is 43.0 Å². The maximum Gasteiger partial charge on any atom is 0.251 e. The van der Waals surface area contributed by atoms with E-state index in [0.717, 1.165) is 50.3 Å². The molecule has 28 heavy (non-hydrogen) atoms. The van der Waals surface area contributed by atoms with E-state index in [1.165, 1.54) is 0 Å². The summed E-state index contributed by atoms with van der Waals surface area (Å²) >= 11 is 0. The lowest BCUT2D eigenvalue weighted by molar-refractivity contribution is -0.120. The van der Waals surface area contributed by atoms with Crippen LogP contribution in [0.4, 0.5) is 0 Å². The molecule has 0 radical (unpaired) electrons. The van der Waals surface area contributed by atoms with Gasteiger partial charge < -0.3 is 15.4 Å². The lowest BCUT2D eigenvalue weighted by Gasteiger charge is -2.38. The maximum atomic E-state index is 12.3. The molecular formula is C22H35N3O3. The van der Waals surface area contributed by atoms with Crippen LogP contribution in [0.1, 0.15) is 48.2 Å². The van der Waals surface area contributed by atoms with Gasteiger partial charge in [0.05, 0.1) is 19.8 Å². The van der Waals surface area contributed by atoms with Crippen LogP contribution < -0.4 is 10.6 Å². The molecule has 1 unspecified atom stereocenters. The highest BCUT2D eigenvalue weighted by Gasteiger charge is 2.27. The summed E-state index contributed by atoms with van der Waals surface area (Å²) in [5, 5.41) is 5.74. The van der Waals surface area contributed by atoms with Crippen molar-refractivity contribution in [3.63, 3.8) is 0 Å². The minimum absolute atomic E-state index is 0.00942. The van der Waals surface area contributed by atoms with Gasteiger partial charge in [-0.3, -0.25) is 14.5 Å². The molecule has 0 aromatic heterocycles. The van der Waals surface area contributed by atoms with Gasteiger partial charge in [0.15, 0.2) is 0 Å². The molecule has 0 bridgehead atoms. The topological polar surface area (TPSA) is 70.7 Å². The van der Waals surface area contributed by atoms with Crippen LogP contribution in [0.5, 0.6) is 0 Å². The van der Waals surface area contributed by atoms with E-state index < -0.39 is 0 Å². The number of hydrogen-bond donors (Lipinski definition) is 2. The second kappa shape index (κ2) is 11.2. The molecular weight excluding hydrogens is 354 g/mol. The van der Waals surface area contributed by atoms with Gasteiger partial charge in [-0.25, -0.2) is 0 Å². The van der Waals surface area contributed by atoms with Gasteiger partial charge in [0.2, 0.25) is 5.91 Å². The van der Waals surface area contributed by atoms with Gasteiger partial charge in [-0.15, -0.1) is 0 Å². The zero-order valence-corrected chi connectivity index (χ0v) is 17.7. The van der Waals surface area contributed by atoms with Crippen LogP contribution in [-0.4, -0.2) is 62.1 Å². The minimum atomic E-state index is -0.219. The molecule has 2 rings (SSSR count). The van der Waals surface area contributed by atoms with Crippen LogP contribution in [-0.2, 0) is 9.53 Å². The summed E-state index contributed by atoms with van der Waals surface area (Å²) < 4.78 is 5.47. The van der Waals surface area contributed by atoms with Crippen molar-refractivity contribution >= 4 is 11.8 Å². The summed E-state index contributed by atoms with van der Waals surface area (Å²) in [6, 6.07) is 5.87. The first kappa shape index (κ1) is 22.4. The molecule has 2 N–H and O–H groups in total. The lowest BCUT2D eigenvalue weighted by Crippen LogP contribution is -2.52. The Bertz CT molecular complexity index is 652. The van der Waals surface area contributed by atoms with E-state index in [2.05, 4.69) is 29.4 Å². The Balaban J connectivity index is 1.85. The van der Waals surface area contributed by atoms with Crippen molar-refractivity contribution in [3.8, 4) is 0 Å². The van der Waals surface area contributed by atoms with E-state index in [-0.39, 0.29) is 18.4 Å². The number of carbonyl (C=O) groups is 2. The monoisotopic (exact) mass is 389 g/mol. The van der Waals surface area contributed by atoms with Crippen molar-refractivity contribution in [1.29, 1.82) is 0 Å². The number of morpholine rings is 1.